The summed E-state index contributed by atoms with van der Waals surface area (Å²) >= 11 is 3.37. The van der Waals surface area contributed by atoms with Crippen LogP contribution in [0.25, 0.3) is 0 Å². The monoisotopic (exact) mass is 374 g/mol. The molecular weight excluding hydrogens is 360 g/mol. The number of benzene rings is 1. The maximum atomic E-state index is 11.9. The van der Waals surface area contributed by atoms with Crippen molar-refractivity contribution >= 4 is 21.8 Å². The SMILES string of the molecule is O=C(NCC#CCOc1cccc(Br)c1)c1cc(C2CC2)on1. The Hall–Kier alpha value is -2.26. The second kappa shape index (κ2) is 7.34. The maximum Gasteiger partial charge on any atom is 0.274 e. The van der Waals surface area contributed by atoms with Crippen LogP contribution in [0, 0.1) is 11.8 Å². The van der Waals surface area contributed by atoms with E-state index in [-0.39, 0.29) is 19.1 Å². The number of halogens is 1. The third-order valence-electron chi connectivity index (χ3n) is 3.31. The fourth-order valence-corrected chi connectivity index (χ4v) is 2.34. The number of carbonyl (C=O) groups excluding carboxylic acids is 1. The van der Waals surface area contributed by atoms with Gasteiger partial charge in [0, 0.05) is 16.5 Å². The molecule has 1 aliphatic rings. The maximum absolute atomic E-state index is 11.9. The highest BCUT2D eigenvalue weighted by Crippen LogP contribution is 2.40. The largest absolute Gasteiger partial charge is 0.481 e. The van der Waals surface area contributed by atoms with E-state index >= 15 is 0 Å². The molecule has 1 aromatic heterocycles. The van der Waals surface area contributed by atoms with Crippen LogP contribution in [0.3, 0.4) is 0 Å². The molecule has 0 bridgehead atoms. The van der Waals surface area contributed by atoms with Gasteiger partial charge in [0.2, 0.25) is 0 Å². The molecule has 1 heterocycles. The van der Waals surface area contributed by atoms with E-state index in [0.717, 1.165) is 28.8 Å². The number of amides is 1. The molecule has 2 aromatic rings. The third kappa shape index (κ3) is 4.60. The van der Waals surface area contributed by atoms with Gasteiger partial charge < -0.3 is 14.6 Å². The van der Waals surface area contributed by atoms with Gasteiger partial charge in [0.1, 0.15) is 18.1 Å². The third-order valence-corrected chi connectivity index (χ3v) is 3.80. The van der Waals surface area contributed by atoms with E-state index in [0.29, 0.717) is 11.6 Å². The molecule has 6 heteroatoms. The predicted molar refractivity (Wildman–Crippen MR) is 88.2 cm³/mol. The van der Waals surface area contributed by atoms with Crippen molar-refractivity contribution in [3.63, 3.8) is 0 Å². The quantitative estimate of drug-likeness (QED) is 0.816. The highest BCUT2D eigenvalue weighted by molar-refractivity contribution is 9.10. The molecule has 1 saturated carbocycles. The first kappa shape index (κ1) is 15.6. The van der Waals surface area contributed by atoms with Crippen molar-refractivity contribution in [1.82, 2.24) is 10.5 Å². The summed E-state index contributed by atoms with van der Waals surface area (Å²) in [6, 6.07) is 9.24. The van der Waals surface area contributed by atoms with E-state index in [9.17, 15) is 4.79 Å². The van der Waals surface area contributed by atoms with Gasteiger partial charge >= 0.3 is 0 Å². The molecule has 118 valence electrons. The summed E-state index contributed by atoms with van der Waals surface area (Å²) in [5.41, 5.74) is 0.305. The summed E-state index contributed by atoms with van der Waals surface area (Å²) in [5.74, 6) is 7.39. The standard InChI is InChI=1S/C17H15BrN2O3/c18-13-4-3-5-14(10-13)22-9-2-1-8-19-17(21)15-11-16(23-20-15)12-6-7-12/h3-5,10-12H,6-9H2,(H,19,21). The van der Waals surface area contributed by atoms with Crippen molar-refractivity contribution in [2.45, 2.75) is 18.8 Å². The van der Waals surface area contributed by atoms with Crippen molar-refractivity contribution < 1.29 is 14.1 Å². The molecule has 0 spiro atoms. The highest BCUT2D eigenvalue weighted by atomic mass is 79.9. The van der Waals surface area contributed by atoms with Crippen molar-refractivity contribution in [2.24, 2.45) is 0 Å². The number of hydrogen-bond acceptors (Lipinski definition) is 4. The molecule has 1 amide bonds. The lowest BCUT2D eigenvalue weighted by molar-refractivity contribution is 0.0949. The van der Waals surface area contributed by atoms with E-state index in [1.165, 1.54) is 0 Å². The number of nitrogens with zero attached hydrogens (tertiary/aromatic N) is 1. The minimum absolute atomic E-state index is 0.242. The first-order valence-electron chi connectivity index (χ1n) is 7.31. The van der Waals surface area contributed by atoms with Crippen LogP contribution in [0.2, 0.25) is 0 Å². The summed E-state index contributed by atoms with van der Waals surface area (Å²) in [6.45, 7) is 0.508. The van der Waals surface area contributed by atoms with Crippen LogP contribution in [0.5, 0.6) is 5.75 Å². The van der Waals surface area contributed by atoms with Gasteiger partial charge in [-0.25, -0.2) is 0 Å². The van der Waals surface area contributed by atoms with E-state index in [4.69, 9.17) is 9.26 Å². The molecule has 0 aliphatic heterocycles. The van der Waals surface area contributed by atoms with Gasteiger partial charge in [0.25, 0.3) is 5.91 Å². The van der Waals surface area contributed by atoms with Crippen LogP contribution in [0.1, 0.15) is 35.0 Å². The van der Waals surface area contributed by atoms with Gasteiger partial charge in [-0.05, 0) is 31.0 Å². The molecule has 0 saturated heterocycles. The van der Waals surface area contributed by atoms with Crippen LogP contribution in [0.4, 0.5) is 0 Å². The summed E-state index contributed by atoms with van der Waals surface area (Å²) in [4.78, 5) is 11.9. The second-order valence-electron chi connectivity index (χ2n) is 5.17. The van der Waals surface area contributed by atoms with E-state index in [1.807, 2.05) is 24.3 Å². The average molecular weight is 375 g/mol. The lowest BCUT2D eigenvalue weighted by Crippen LogP contribution is -2.23. The average Bonchev–Trinajstić information content (AvgIpc) is 3.28. The zero-order chi connectivity index (χ0) is 16.1. The molecule has 1 aliphatic carbocycles. The summed E-state index contributed by atoms with van der Waals surface area (Å²) in [7, 11) is 0. The number of hydrogen-bond donors (Lipinski definition) is 1. The fraction of sp³-hybridized carbons (Fsp3) is 0.294. The van der Waals surface area contributed by atoms with Gasteiger partial charge in [-0.3, -0.25) is 4.79 Å². The van der Waals surface area contributed by atoms with Gasteiger partial charge in [-0.1, -0.05) is 39.0 Å². The molecular formula is C17H15BrN2O3. The van der Waals surface area contributed by atoms with Gasteiger partial charge in [0.05, 0.1) is 6.54 Å². The van der Waals surface area contributed by atoms with Gasteiger partial charge in [-0.15, -0.1) is 0 Å². The van der Waals surface area contributed by atoms with Crippen LogP contribution in [0.15, 0.2) is 39.3 Å². The van der Waals surface area contributed by atoms with Gasteiger partial charge in [0.15, 0.2) is 5.69 Å². The molecule has 5 nitrogen and oxygen atoms in total. The minimum Gasteiger partial charge on any atom is -0.481 e. The first-order valence-corrected chi connectivity index (χ1v) is 8.10. The van der Waals surface area contributed by atoms with E-state index in [2.05, 4.69) is 38.2 Å². The zero-order valence-corrected chi connectivity index (χ0v) is 13.9. The topological polar surface area (TPSA) is 64.4 Å². The Morgan fingerprint density at radius 1 is 1.39 bits per heavy atom. The zero-order valence-electron chi connectivity index (χ0n) is 12.3. The van der Waals surface area contributed by atoms with Crippen molar-refractivity contribution in [2.75, 3.05) is 13.2 Å². The highest BCUT2D eigenvalue weighted by Gasteiger charge is 2.28. The Labute approximate surface area is 142 Å². The van der Waals surface area contributed by atoms with Crippen LogP contribution in [-0.4, -0.2) is 24.2 Å². The fourth-order valence-electron chi connectivity index (χ4n) is 1.96. The molecule has 1 aromatic carbocycles. The van der Waals surface area contributed by atoms with Crippen molar-refractivity contribution in [3.05, 3.63) is 46.3 Å². The summed E-state index contributed by atoms with van der Waals surface area (Å²) < 4.78 is 11.6. The number of carbonyl (C=O) groups is 1. The van der Waals surface area contributed by atoms with Crippen molar-refractivity contribution in [3.8, 4) is 17.6 Å². The number of nitrogens with one attached hydrogen (secondary N) is 1. The van der Waals surface area contributed by atoms with Crippen molar-refractivity contribution in [1.29, 1.82) is 0 Å². The summed E-state index contributed by atoms with van der Waals surface area (Å²) in [6.07, 6.45) is 2.22. The Balaban J connectivity index is 1.39. The Morgan fingerprint density at radius 2 is 2.26 bits per heavy atom. The van der Waals surface area contributed by atoms with Crippen LogP contribution in [-0.2, 0) is 0 Å². The molecule has 0 radical (unpaired) electrons. The minimum atomic E-state index is -0.275. The number of ether oxygens (including phenoxy) is 1. The van der Waals surface area contributed by atoms with E-state index < -0.39 is 0 Å². The Morgan fingerprint density at radius 3 is 3.04 bits per heavy atom. The molecule has 0 atom stereocenters. The second-order valence-corrected chi connectivity index (χ2v) is 6.09. The Kier molecular flexibility index (Phi) is 4.99. The predicted octanol–water partition coefficient (Wildman–Crippen LogP) is 3.13. The lowest BCUT2D eigenvalue weighted by atomic mass is 10.3. The Bertz CT molecular complexity index is 756. The van der Waals surface area contributed by atoms with Gasteiger partial charge in [-0.2, -0.15) is 0 Å². The summed E-state index contributed by atoms with van der Waals surface area (Å²) in [5, 5.41) is 6.46. The van der Waals surface area contributed by atoms with Crippen LogP contribution < -0.4 is 10.1 Å². The normalized spacial score (nSPS) is 13.1. The molecule has 3 rings (SSSR count). The smallest absolute Gasteiger partial charge is 0.274 e. The first-order chi connectivity index (χ1) is 11.2. The van der Waals surface area contributed by atoms with E-state index in [1.54, 1.807) is 6.07 Å². The number of aromatic nitrogens is 1. The lowest BCUT2D eigenvalue weighted by Gasteiger charge is -2.01. The molecule has 23 heavy (non-hydrogen) atoms. The van der Waals surface area contributed by atoms with Crippen LogP contribution >= 0.6 is 15.9 Å². The molecule has 0 unspecified atom stereocenters. The molecule has 1 fully saturated rings. The molecule has 1 N–H and O–H groups in total. The number of rotatable bonds is 5.